The van der Waals surface area contributed by atoms with Crippen LogP contribution in [0.4, 0.5) is 4.79 Å². The molecule has 0 aliphatic heterocycles. The molecule has 5 N–H and O–H groups in total. The second-order valence-corrected chi connectivity index (χ2v) is 20.2. The molecule has 5 atom stereocenters. The van der Waals surface area contributed by atoms with E-state index in [1.54, 1.807) is 38.2 Å². The van der Waals surface area contributed by atoms with Crippen molar-refractivity contribution in [2.24, 2.45) is 11.8 Å². The van der Waals surface area contributed by atoms with Crippen molar-refractivity contribution in [3.63, 3.8) is 0 Å². The van der Waals surface area contributed by atoms with Crippen LogP contribution in [0.1, 0.15) is 56.2 Å². The summed E-state index contributed by atoms with van der Waals surface area (Å²) in [5.41, 5.74) is 2.77. The Morgan fingerprint density at radius 3 is 2.16 bits per heavy atom. The van der Waals surface area contributed by atoms with Crippen molar-refractivity contribution in [3.05, 3.63) is 120 Å². The summed E-state index contributed by atoms with van der Waals surface area (Å²) in [5, 5.41) is 22.6. The Labute approximate surface area is 418 Å². The molecule has 332 valence electrons. The summed E-state index contributed by atoms with van der Waals surface area (Å²) in [7, 11) is -8.78. The molecule has 0 spiro atoms. The van der Waals surface area contributed by atoms with E-state index < -0.39 is 71.2 Å². The minimum Gasteiger partial charge on any atom is -0.798 e. The van der Waals surface area contributed by atoms with Crippen LogP contribution in [0.5, 0.6) is 0 Å². The molecule has 1 aromatic heterocycles. The van der Waals surface area contributed by atoms with E-state index in [-0.39, 0.29) is 110 Å². The van der Waals surface area contributed by atoms with Crippen LogP contribution >= 0.6 is 7.37 Å². The number of alkyl carbamates (subject to hydrolysis) is 1. The molecule has 0 aliphatic carbocycles. The number of carbonyl (C=O) groups is 4. The number of hydrogen-bond acceptors (Lipinski definition) is 10. The number of aromatic amines is 1. The number of hydrogen-bond donors (Lipinski definition) is 5. The Kier molecular flexibility index (Phi) is 22.2. The number of amides is 3. The van der Waals surface area contributed by atoms with Crippen LogP contribution in [0.15, 0.2) is 103 Å². The van der Waals surface area contributed by atoms with E-state index in [0.29, 0.717) is 17.5 Å². The quantitative estimate of drug-likeness (QED) is 0.0277. The fraction of sp³-hybridized carbons (Fsp3) is 0.378. The van der Waals surface area contributed by atoms with Crippen molar-refractivity contribution < 1.29 is 106 Å². The first-order chi connectivity index (χ1) is 29.5. The van der Waals surface area contributed by atoms with E-state index in [4.69, 9.17) is 4.74 Å². The summed E-state index contributed by atoms with van der Waals surface area (Å²) >= 11 is 0. The number of H-pyrrole nitrogens is 1. The molecule has 0 radical (unpaired) electrons. The van der Waals surface area contributed by atoms with Crippen molar-refractivity contribution in [1.82, 2.24) is 25.7 Å². The van der Waals surface area contributed by atoms with E-state index in [0.717, 1.165) is 33.5 Å². The molecule has 3 amide bonds. The van der Waals surface area contributed by atoms with Crippen LogP contribution in [0, 0.1) is 11.8 Å². The largest absolute Gasteiger partial charge is 1.00 e. The minimum absolute atomic E-state index is 0. The predicted octanol–water partition coefficient (Wildman–Crippen LogP) is -1.89. The summed E-state index contributed by atoms with van der Waals surface area (Å²) in [4.78, 5) is 70.1. The van der Waals surface area contributed by atoms with E-state index in [2.05, 4.69) is 25.7 Å². The van der Waals surface area contributed by atoms with Gasteiger partial charge in [0.1, 0.15) is 12.6 Å². The van der Waals surface area contributed by atoms with Crippen LogP contribution in [0.2, 0.25) is 0 Å². The van der Waals surface area contributed by atoms with Gasteiger partial charge in [-0.15, -0.1) is 0 Å². The van der Waals surface area contributed by atoms with Crippen LogP contribution in [-0.2, 0) is 53.2 Å². The molecule has 5 rings (SSSR count). The van der Waals surface area contributed by atoms with Crippen molar-refractivity contribution in [3.8, 4) is 0 Å². The summed E-state index contributed by atoms with van der Waals surface area (Å²) in [6.45, 7) is 3.85. The average molecular weight is 934 g/mol. The van der Waals surface area contributed by atoms with Crippen LogP contribution in [-0.4, -0.2) is 74.1 Å². The molecular weight excluding hydrogens is 880 g/mol. The van der Waals surface area contributed by atoms with Crippen molar-refractivity contribution in [2.45, 2.75) is 76.8 Å². The number of benzene rings is 4. The van der Waals surface area contributed by atoms with Gasteiger partial charge in [-0.2, -0.15) is 0 Å². The van der Waals surface area contributed by atoms with E-state index >= 15 is 0 Å². The second-order valence-electron chi connectivity index (χ2n) is 16.0. The van der Waals surface area contributed by atoms with Crippen molar-refractivity contribution in [2.75, 3.05) is 19.0 Å². The van der Waals surface area contributed by atoms with Gasteiger partial charge in [0.15, 0.2) is 0 Å². The Bertz CT molecular complexity index is 2490. The van der Waals surface area contributed by atoms with Gasteiger partial charge in [0, 0.05) is 49.5 Å². The van der Waals surface area contributed by atoms with Gasteiger partial charge < -0.3 is 45.0 Å². The molecule has 0 bridgehead atoms. The molecule has 5 aromatic rings. The van der Waals surface area contributed by atoms with Gasteiger partial charge in [0.05, 0.1) is 24.0 Å². The fourth-order valence-electron chi connectivity index (χ4n) is 7.35. The predicted molar refractivity (Wildman–Crippen MR) is 234 cm³/mol. The molecule has 64 heavy (non-hydrogen) atoms. The topological polar surface area (TPSA) is 239 Å². The van der Waals surface area contributed by atoms with Crippen molar-refractivity contribution >= 4 is 62.9 Å². The molecule has 15 nitrogen and oxygen atoms in total. The number of nitrogens with one attached hydrogen (secondary N) is 5. The summed E-state index contributed by atoms with van der Waals surface area (Å²) in [5.74, 6) is -6.22. The monoisotopic (exact) mass is 933 g/mol. The smallest absolute Gasteiger partial charge is 0.798 e. The zero-order valence-electron chi connectivity index (χ0n) is 37.0. The number of aliphatic carboxylic acids is 1. The second kappa shape index (κ2) is 26.0. The third kappa shape index (κ3) is 17.4. The third-order valence-electron chi connectivity index (χ3n) is 10.4. The van der Waals surface area contributed by atoms with Crippen molar-refractivity contribution in [1.29, 1.82) is 0 Å². The number of carboxylic acid groups (broad SMARTS) is 1. The summed E-state index contributed by atoms with van der Waals surface area (Å²) < 4.78 is 47.0. The number of para-hydroxylation sites is 1. The minimum atomic E-state index is -4.82. The first kappa shape index (κ1) is 54.8. The van der Waals surface area contributed by atoms with E-state index in [9.17, 15) is 42.2 Å². The normalized spacial score (nSPS) is 14.2. The summed E-state index contributed by atoms with van der Waals surface area (Å²) in [6.07, 6.45) is 1.48. The van der Waals surface area contributed by atoms with Gasteiger partial charge in [0.2, 0.25) is 21.8 Å². The SMILES string of the molecule is CC(C)CC(CP(=O)([O-])C(Cc1ccc2ccccc2c1)NC(=O)[C@H](CCCCNC(=O)OCc1ccccc1)NS(C)(=O)=O)C(=O)N[C@@H](Cc1c[nH]c2ccccc12)C(=O)[O-].[Na+].[Na+]. The molecule has 4 aromatic carbocycles. The van der Waals surface area contributed by atoms with E-state index in [1.165, 1.54) is 0 Å². The molecule has 1 heterocycles. The Morgan fingerprint density at radius 2 is 1.47 bits per heavy atom. The van der Waals surface area contributed by atoms with Crippen LogP contribution in [0.25, 0.3) is 21.7 Å². The molecule has 0 saturated heterocycles. The van der Waals surface area contributed by atoms with E-state index in [1.807, 2.05) is 78.9 Å². The van der Waals surface area contributed by atoms with Crippen LogP contribution in [0.3, 0.4) is 0 Å². The molecular formula is C45H54N5Na2O10PS. The molecule has 0 saturated carbocycles. The average Bonchev–Trinajstić information content (AvgIpc) is 3.63. The maximum atomic E-state index is 14.6. The number of aromatic nitrogens is 1. The number of rotatable bonds is 23. The molecule has 3 unspecified atom stereocenters. The van der Waals surface area contributed by atoms with Gasteiger partial charge in [-0.05, 0) is 71.6 Å². The number of carboxylic acids is 1. The zero-order valence-corrected chi connectivity index (χ0v) is 42.7. The Morgan fingerprint density at radius 1 is 0.797 bits per heavy atom. The molecule has 19 heteroatoms. The Balaban J connectivity index is 0.00000544. The number of sulfonamides is 1. The van der Waals surface area contributed by atoms with Gasteiger partial charge in [-0.25, -0.2) is 17.9 Å². The Hall–Kier alpha value is -3.54. The fourth-order valence-corrected chi connectivity index (χ4v) is 10.1. The summed E-state index contributed by atoms with van der Waals surface area (Å²) in [6, 6.07) is 26.3. The first-order valence-electron chi connectivity index (χ1n) is 20.5. The third-order valence-corrected chi connectivity index (χ3v) is 13.3. The standard InChI is InChI=1S/C45H56N5O10PS.2Na/c1-30(2)23-36(42(51)48-40(44(53)54)26-35-27-47-38-18-10-9-17-37(35)38)29-61(56,57)41(25-32-20-21-33-15-7-8-16-34(33)24-32)49-43(52)39(50-62(3,58)59)19-11-12-22-46-45(55)60-28-31-13-5-4-6-14-31;;/h4-10,13-18,20-21,24,27,30,36,39-41,47,50H,11-12,19,22-23,25-26,28-29H2,1-3H3,(H,46,55)(H,48,51)(H,49,52)(H,53,54)(H,56,57);;/q;2*+1/p-2/t36?,39-,40-,41?;;/m0../s1. The van der Waals surface area contributed by atoms with Gasteiger partial charge in [-0.1, -0.05) is 105 Å². The zero-order chi connectivity index (χ0) is 44.9. The van der Waals surface area contributed by atoms with Gasteiger partial charge in [0.25, 0.3) is 0 Å². The maximum Gasteiger partial charge on any atom is 1.00 e. The molecule has 0 aliphatic rings. The number of ether oxygens (including phenoxy) is 1. The first-order valence-corrected chi connectivity index (χ1v) is 24.3. The number of fused-ring (bicyclic) bond motifs is 2. The number of unbranched alkanes of at least 4 members (excludes halogenated alkanes) is 1. The van der Waals surface area contributed by atoms with Gasteiger partial charge in [-0.3, -0.25) is 9.59 Å². The number of carbonyl (C=O) groups excluding carboxylic acids is 4. The van der Waals surface area contributed by atoms with Gasteiger partial charge >= 0.3 is 65.2 Å². The molecule has 0 fully saturated rings. The van der Waals surface area contributed by atoms with Crippen LogP contribution < -0.4 is 89.8 Å². The maximum absolute atomic E-state index is 14.6.